The molecule has 31 heavy (non-hydrogen) atoms. The molecule has 2 aromatic carbocycles. The molecule has 0 saturated carbocycles. The fraction of sp³-hybridized carbons (Fsp3) is 0.167. The van der Waals surface area contributed by atoms with E-state index in [2.05, 4.69) is 11.9 Å². The number of rotatable bonds is 9. The largest absolute Gasteiger partial charge is 0.483 e. The van der Waals surface area contributed by atoms with Crippen LogP contribution in [0.4, 0.5) is 5.00 Å². The van der Waals surface area contributed by atoms with Crippen LogP contribution in [0.5, 0.6) is 5.75 Å². The highest BCUT2D eigenvalue weighted by atomic mass is 35.5. The monoisotopic (exact) mass is 455 g/mol. The minimum absolute atomic E-state index is 0.190. The molecule has 3 aromatic rings. The van der Waals surface area contributed by atoms with E-state index in [-0.39, 0.29) is 19.1 Å². The molecule has 160 valence electrons. The number of benzene rings is 2. The van der Waals surface area contributed by atoms with Crippen molar-refractivity contribution in [2.24, 2.45) is 0 Å². The van der Waals surface area contributed by atoms with Gasteiger partial charge in [0, 0.05) is 16.0 Å². The van der Waals surface area contributed by atoms with E-state index in [1.807, 2.05) is 35.7 Å². The molecule has 0 aliphatic rings. The number of nitrogens with one attached hydrogen (secondary N) is 1. The van der Waals surface area contributed by atoms with Gasteiger partial charge >= 0.3 is 5.97 Å². The Labute approximate surface area is 190 Å². The van der Waals surface area contributed by atoms with E-state index >= 15 is 0 Å². The van der Waals surface area contributed by atoms with Gasteiger partial charge in [0.15, 0.2) is 6.61 Å². The van der Waals surface area contributed by atoms with Crippen LogP contribution in [0.1, 0.15) is 22.8 Å². The zero-order valence-corrected chi connectivity index (χ0v) is 18.6. The molecule has 0 saturated heterocycles. The number of ether oxygens (including phenoxy) is 2. The molecule has 1 amide bonds. The van der Waals surface area contributed by atoms with Crippen molar-refractivity contribution in [1.29, 1.82) is 0 Å². The number of anilines is 1. The molecule has 0 unspecified atom stereocenters. The first-order valence-electron chi connectivity index (χ1n) is 9.69. The summed E-state index contributed by atoms with van der Waals surface area (Å²) < 4.78 is 10.9. The molecule has 3 rings (SSSR count). The van der Waals surface area contributed by atoms with Gasteiger partial charge in [0.1, 0.15) is 16.3 Å². The van der Waals surface area contributed by atoms with Crippen LogP contribution in [0, 0.1) is 0 Å². The molecule has 0 bridgehead atoms. The number of allylic oxidation sites excluding steroid dienone is 1. The molecular formula is C24H22ClNO4S. The summed E-state index contributed by atoms with van der Waals surface area (Å²) in [5.41, 5.74) is 2.74. The molecule has 0 aliphatic carbocycles. The van der Waals surface area contributed by atoms with E-state index in [0.29, 0.717) is 33.3 Å². The van der Waals surface area contributed by atoms with Gasteiger partial charge in [-0.15, -0.1) is 17.9 Å². The predicted molar refractivity (Wildman–Crippen MR) is 125 cm³/mol. The first kappa shape index (κ1) is 22.6. The normalized spacial score (nSPS) is 10.4. The minimum Gasteiger partial charge on any atom is -0.483 e. The van der Waals surface area contributed by atoms with Crippen molar-refractivity contribution in [3.63, 3.8) is 0 Å². The van der Waals surface area contributed by atoms with Crippen LogP contribution < -0.4 is 10.1 Å². The lowest BCUT2D eigenvalue weighted by Gasteiger charge is -2.11. The standard InChI is InChI=1S/C24H22ClNO4S/c1-3-7-17-8-5-6-9-20(17)30-14-21(27)26-23-22(24(28)29-4-2)19(15-31-23)16-10-12-18(25)13-11-16/h3,5-6,8-13,15H,1,4,7,14H2,2H3,(H,26,27). The summed E-state index contributed by atoms with van der Waals surface area (Å²) in [5, 5.41) is 5.60. The van der Waals surface area contributed by atoms with Crippen molar-refractivity contribution < 1.29 is 19.1 Å². The van der Waals surface area contributed by atoms with Gasteiger partial charge in [-0.2, -0.15) is 0 Å². The van der Waals surface area contributed by atoms with Gasteiger partial charge < -0.3 is 14.8 Å². The maximum atomic E-state index is 12.6. The van der Waals surface area contributed by atoms with Crippen molar-refractivity contribution in [1.82, 2.24) is 0 Å². The third-order valence-corrected chi connectivity index (χ3v) is 5.52. The molecule has 0 fully saturated rings. The third-order valence-electron chi connectivity index (χ3n) is 4.37. The average molecular weight is 456 g/mol. The molecule has 0 spiro atoms. The van der Waals surface area contributed by atoms with Gasteiger partial charge in [-0.1, -0.05) is 48.0 Å². The molecule has 0 atom stereocenters. The van der Waals surface area contributed by atoms with Gasteiger partial charge in [-0.3, -0.25) is 4.79 Å². The van der Waals surface area contributed by atoms with E-state index in [9.17, 15) is 9.59 Å². The highest BCUT2D eigenvalue weighted by Gasteiger charge is 2.23. The first-order valence-corrected chi connectivity index (χ1v) is 10.9. The first-order chi connectivity index (χ1) is 15.0. The number of thiophene rings is 1. The molecule has 1 N–H and O–H groups in total. The molecule has 7 heteroatoms. The molecule has 0 radical (unpaired) electrons. The van der Waals surface area contributed by atoms with Gasteiger partial charge in [0.25, 0.3) is 5.91 Å². The lowest BCUT2D eigenvalue weighted by Crippen LogP contribution is -2.21. The Balaban J connectivity index is 1.79. The Morgan fingerprint density at radius 1 is 1.16 bits per heavy atom. The van der Waals surface area contributed by atoms with Gasteiger partial charge in [0.2, 0.25) is 0 Å². The second kappa shape index (κ2) is 10.8. The van der Waals surface area contributed by atoms with Crippen molar-refractivity contribution in [2.75, 3.05) is 18.5 Å². The van der Waals surface area contributed by atoms with E-state index < -0.39 is 5.97 Å². The Kier molecular flexibility index (Phi) is 7.87. The Morgan fingerprint density at radius 2 is 1.90 bits per heavy atom. The van der Waals surface area contributed by atoms with Crippen LogP contribution in [0.3, 0.4) is 0 Å². The Hall–Kier alpha value is -3.09. The number of hydrogen-bond donors (Lipinski definition) is 1. The smallest absolute Gasteiger partial charge is 0.341 e. The van der Waals surface area contributed by atoms with Crippen molar-refractivity contribution in [3.05, 3.63) is 82.7 Å². The molecule has 5 nitrogen and oxygen atoms in total. The summed E-state index contributed by atoms with van der Waals surface area (Å²) in [6, 6.07) is 14.6. The minimum atomic E-state index is -0.499. The van der Waals surface area contributed by atoms with Crippen LogP contribution in [-0.2, 0) is 16.0 Å². The summed E-state index contributed by atoms with van der Waals surface area (Å²) >= 11 is 7.23. The number of hydrogen-bond acceptors (Lipinski definition) is 5. The molecule has 1 heterocycles. The van der Waals surface area contributed by atoms with E-state index in [4.69, 9.17) is 21.1 Å². The topological polar surface area (TPSA) is 64.6 Å². The number of halogens is 1. The van der Waals surface area contributed by atoms with Crippen molar-refractivity contribution in [3.8, 4) is 16.9 Å². The Morgan fingerprint density at radius 3 is 2.61 bits per heavy atom. The van der Waals surface area contributed by atoms with Crippen LogP contribution in [0.15, 0.2) is 66.6 Å². The van der Waals surface area contributed by atoms with Crippen molar-refractivity contribution in [2.45, 2.75) is 13.3 Å². The fourth-order valence-corrected chi connectivity index (χ4v) is 4.07. The molecule has 1 aromatic heterocycles. The second-order valence-corrected chi connectivity index (χ2v) is 7.83. The van der Waals surface area contributed by atoms with Crippen LogP contribution in [0.2, 0.25) is 5.02 Å². The van der Waals surface area contributed by atoms with Crippen LogP contribution >= 0.6 is 22.9 Å². The lowest BCUT2D eigenvalue weighted by molar-refractivity contribution is -0.118. The van der Waals surface area contributed by atoms with Crippen molar-refractivity contribution >= 4 is 39.8 Å². The van der Waals surface area contributed by atoms with Gasteiger partial charge in [-0.25, -0.2) is 4.79 Å². The summed E-state index contributed by atoms with van der Waals surface area (Å²) in [6.07, 6.45) is 2.41. The average Bonchev–Trinajstić information content (AvgIpc) is 3.17. The highest BCUT2D eigenvalue weighted by molar-refractivity contribution is 7.15. The number of carbonyl (C=O) groups excluding carboxylic acids is 2. The summed E-state index contributed by atoms with van der Waals surface area (Å²) in [5.74, 6) is -0.249. The lowest BCUT2D eigenvalue weighted by atomic mass is 10.0. The highest BCUT2D eigenvalue weighted by Crippen LogP contribution is 2.36. The summed E-state index contributed by atoms with van der Waals surface area (Å²) in [4.78, 5) is 25.2. The van der Waals surface area contributed by atoms with E-state index in [1.165, 1.54) is 11.3 Å². The van der Waals surface area contributed by atoms with Crippen LogP contribution in [-0.4, -0.2) is 25.1 Å². The zero-order chi connectivity index (χ0) is 22.2. The van der Waals surface area contributed by atoms with Gasteiger partial charge in [-0.05, 0) is 42.7 Å². The number of para-hydroxylation sites is 1. The zero-order valence-electron chi connectivity index (χ0n) is 17.0. The van der Waals surface area contributed by atoms with E-state index in [0.717, 1.165) is 11.1 Å². The fourth-order valence-electron chi connectivity index (χ4n) is 2.97. The summed E-state index contributed by atoms with van der Waals surface area (Å²) in [6.45, 7) is 5.51. The quantitative estimate of drug-likeness (QED) is 0.318. The SMILES string of the molecule is C=CCc1ccccc1OCC(=O)Nc1scc(-c2ccc(Cl)cc2)c1C(=O)OCC. The second-order valence-electron chi connectivity index (χ2n) is 6.52. The number of esters is 1. The molecule has 0 aliphatic heterocycles. The van der Waals surface area contributed by atoms with Crippen LogP contribution in [0.25, 0.3) is 11.1 Å². The van der Waals surface area contributed by atoms with E-state index in [1.54, 1.807) is 31.2 Å². The number of amides is 1. The molecular weight excluding hydrogens is 434 g/mol. The number of carbonyl (C=O) groups is 2. The predicted octanol–water partition coefficient (Wildman–Crippen LogP) is 5.99. The third kappa shape index (κ3) is 5.75. The Bertz CT molecular complexity index is 1080. The van der Waals surface area contributed by atoms with Gasteiger partial charge in [0.05, 0.1) is 6.61 Å². The maximum Gasteiger partial charge on any atom is 0.341 e. The maximum absolute atomic E-state index is 12.6. The summed E-state index contributed by atoms with van der Waals surface area (Å²) in [7, 11) is 0.